The molecular weight excluding hydrogens is 685 g/mol. The number of pyridine rings is 1. The Morgan fingerprint density at radius 1 is 0.709 bits per heavy atom. The number of hydrogen-bond donors (Lipinski definition) is 1. The van der Waals surface area contributed by atoms with Crippen molar-refractivity contribution in [2.75, 3.05) is 0 Å². The molecule has 270 valence electrons. The Morgan fingerprint density at radius 3 is 1.85 bits per heavy atom. The number of amides is 1. The molecule has 8 rings (SSSR count). The number of rotatable bonds is 13. The Labute approximate surface area is 318 Å². The smallest absolute Gasteiger partial charge is 0.289 e. The molecule has 0 atom stereocenters. The van der Waals surface area contributed by atoms with Crippen LogP contribution in [0.25, 0.3) is 16.6 Å². The first-order valence-corrected chi connectivity index (χ1v) is 18.2. The normalized spacial score (nSPS) is 11.4. The van der Waals surface area contributed by atoms with Gasteiger partial charge in [0.1, 0.15) is 17.9 Å². The number of Topliss-reactive ketones (excluding diaryl/α,β-unsaturated/α-hetero) is 1. The summed E-state index contributed by atoms with van der Waals surface area (Å²) in [6.45, 7) is 1.92. The van der Waals surface area contributed by atoms with Crippen LogP contribution in [0.2, 0.25) is 0 Å². The number of nitrogens with zero attached hydrogens (tertiary/aromatic N) is 5. The van der Waals surface area contributed by atoms with Crippen LogP contribution in [0.4, 0.5) is 0 Å². The van der Waals surface area contributed by atoms with Gasteiger partial charge in [0.25, 0.3) is 11.7 Å². The summed E-state index contributed by atoms with van der Waals surface area (Å²) in [5.41, 5.74) is 13.2. The van der Waals surface area contributed by atoms with Crippen molar-refractivity contribution in [3.8, 4) is 16.9 Å². The number of primary amides is 1. The van der Waals surface area contributed by atoms with Gasteiger partial charge in [-0.05, 0) is 67.9 Å². The molecule has 9 nitrogen and oxygen atoms in total. The second-order valence-electron chi connectivity index (χ2n) is 13.2. The molecule has 8 aromatic rings. The van der Waals surface area contributed by atoms with E-state index in [4.69, 9.17) is 10.5 Å². The molecule has 2 N–H and O–H groups in total. The zero-order valence-corrected chi connectivity index (χ0v) is 30.2. The highest BCUT2D eigenvalue weighted by Crippen LogP contribution is 2.41. The number of nitrogens with two attached hydrogens (primary N) is 1. The van der Waals surface area contributed by atoms with Crippen molar-refractivity contribution < 1.29 is 14.3 Å². The molecule has 0 saturated carbocycles. The van der Waals surface area contributed by atoms with Gasteiger partial charge < -0.3 is 14.9 Å². The zero-order chi connectivity index (χ0) is 37.8. The number of hydrogen-bond acceptors (Lipinski definition) is 6. The van der Waals surface area contributed by atoms with Gasteiger partial charge in [-0.15, -0.1) is 5.10 Å². The molecule has 3 aromatic heterocycles. The molecule has 0 aliphatic rings. The molecule has 0 radical (unpaired) electrons. The zero-order valence-electron chi connectivity index (χ0n) is 30.2. The first-order chi connectivity index (χ1) is 27.0. The van der Waals surface area contributed by atoms with E-state index >= 15 is 0 Å². The van der Waals surface area contributed by atoms with Crippen LogP contribution < -0.4 is 10.5 Å². The lowest BCUT2D eigenvalue weighted by molar-refractivity contribution is -0.114. The van der Waals surface area contributed by atoms with Crippen LogP contribution in [0.3, 0.4) is 0 Å². The maximum atomic E-state index is 13.8. The third-order valence-electron chi connectivity index (χ3n) is 10.2. The van der Waals surface area contributed by atoms with E-state index in [9.17, 15) is 9.59 Å². The number of carbonyl (C=O) groups excluding carboxylic acids is 2. The molecule has 3 heterocycles. The van der Waals surface area contributed by atoms with Crippen molar-refractivity contribution in [3.63, 3.8) is 0 Å². The van der Waals surface area contributed by atoms with Crippen molar-refractivity contribution in [3.05, 3.63) is 209 Å². The molecule has 0 aliphatic carbocycles. The Morgan fingerprint density at radius 2 is 1.27 bits per heavy atom. The van der Waals surface area contributed by atoms with E-state index in [0.717, 1.165) is 44.6 Å². The molecule has 0 saturated heterocycles. The SMILES string of the molecule is CCc1c(C(=O)C(N)=O)c2c(OCc3nnnn3C(c3ccccc3)(c3ccccc3)c3ccccc3)cccn2c1Cc1ccccc1-c1ccccc1. The third-order valence-corrected chi connectivity index (χ3v) is 10.2. The van der Waals surface area contributed by atoms with Gasteiger partial charge >= 0.3 is 0 Å². The van der Waals surface area contributed by atoms with Crippen LogP contribution in [0, 0.1) is 0 Å². The lowest BCUT2D eigenvalue weighted by Crippen LogP contribution is -2.40. The minimum absolute atomic E-state index is 0.0516. The monoisotopic (exact) mass is 722 g/mol. The van der Waals surface area contributed by atoms with Crippen molar-refractivity contribution in [2.24, 2.45) is 5.73 Å². The van der Waals surface area contributed by atoms with Gasteiger partial charge in [-0.3, -0.25) is 9.59 Å². The predicted molar refractivity (Wildman–Crippen MR) is 212 cm³/mol. The quantitative estimate of drug-likeness (QED) is 0.0737. The van der Waals surface area contributed by atoms with Crippen LogP contribution in [0.1, 0.15) is 56.6 Å². The highest BCUT2D eigenvalue weighted by Gasteiger charge is 2.41. The molecule has 0 unspecified atom stereocenters. The van der Waals surface area contributed by atoms with E-state index in [0.29, 0.717) is 29.9 Å². The van der Waals surface area contributed by atoms with Crippen LogP contribution in [0.15, 0.2) is 164 Å². The van der Waals surface area contributed by atoms with E-state index in [1.807, 2.05) is 113 Å². The van der Waals surface area contributed by atoms with Crippen LogP contribution >= 0.6 is 0 Å². The summed E-state index contributed by atoms with van der Waals surface area (Å²) < 4.78 is 10.4. The molecule has 0 aliphatic heterocycles. The minimum Gasteiger partial charge on any atom is -0.483 e. The van der Waals surface area contributed by atoms with Gasteiger partial charge in [-0.1, -0.05) is 153 Å². The van der Waals surface area contributed by atoms with E-state index < -0.39 is 17.2 Å². The van der Waals surface area contributed by atoms with Crippen molar-refractivity contribution in [1.29, 1.82) is 0 Å². The maximum Gasteiger partial charge on any atom is 0.289 e. The molecule has 55 heavy (non-hydrogen) atoms. The Kier molecular flexibility index (Phi) is 9.58. The molecule has 5 aromatic carbocycles. The van der Waals surface area contributed by atoms with Crippen molar-refractivity contribution >= 4 is 17.2 Å². The summed E-state index contributed by atoms with van der Waals surface area (Å²) in [7, 11) is 0. The first kappa shape index (κ1) is 34.9. The fourth-order valence-electron chi connectivity index (χ4n) is 7.80. The van der Waals surface area contributed by atoms with Gasteiger partial charge in [-0.2, -0.15) is 0 Å². The number of ketones is 1. The molecular formula is C46H38N6O3. The Hall–Kier alpha value is -7.13. The van der Waals surface area contributed by atoms with E-state index in [1.54, 1.807) is 6.07 Å². The second kappa shape index (κ2) is 15.1. The summed E-state index contributed by atoms with van der Waals surface area (Å²) in [4.78, 5) is 26.4. The summed E-state index contributed by atoms with van der Waals surface area (Å²) in [5, 5.41) is 13.3. The van der Waals surface area contributed by atoms with Crippen LogP contribution in [0.5, 0.6) is 5.75 Å². The number of aromatic nitrogens is 5. The highest BCUT2D eigenvalue weighted by molar-refractivity contribution is 6.44. The topological polar surface area (TPSA) is 117 Å². The first-order valence-electron chi connectivity index (χ1n) is 18.2. The number of fused-ring (bicyclic) bond motifs is 1. The third kappa shape index (κ3) is 6.25. The fourth-order valence-corrected chi connectivity index (χ4v) is 7.80. The van der Waals surface area contributed by atoms with E-state index in [1.165, 1.54) is 0 Å². The average molecular weight is 723 g/mol. The van der Waals surface area contributed by atoms with Gasteiger partial charge in [0, 0.05) is 18.3 Å². The molecule has 0 bridgehead atoms. The summed E-state index contributed by atoms with van der Waals surface area (Å²) in [5.74, 6) is -0.964. The van der Waals surface area contributed by atoms with Crippen molar-refractivity contribution in [1.82, 2.24) is 24.6 Å². The minimum atomic E-state index is -1.03. The van der Waals surface area contributed by atoms with Crippen LogP contribution in [-0.4, -0.2) is 36.3 Å². The van der Waals surface area contributed by atoms with E-state index in [-0.39, 0.29) is 12.2 Å². The number of carbonyl (C=O) groups is 2. The molecule has 9 heteroatoms. The van der Waals surface area contributed by atoms with Gasteiger partial charge in [-0.25, -0.2) is 4.68 Å². The standard InChI is InChI=1S/C46H38N6O3/c1-2-37-39(30-33-20-15-16-27-38(33)32-18-7-3-8-19-32)51-29-17-28-40(43(51)42(37)44(53)45(47)54)55-31-41-48-49-50-52(41)46(34-21-9-4-10-22-34,35-23-11-5-12-24-35)36-25-13-6-14-26-36/h3-29H,2,30-31H2,1H3,(H2,47,54). The largest absolute Gasteiger partial charge is 0.483 e. The van der Waals surface area contributed by atoms with Gasteiger partial charge in [0.15, 0.2) is 5.82 Å². The summed E-state index contributed by atoms with van der Waals surface area (Å²) >= 11 is 0. The predicted octanol–water partition coefficient (Wildman–Crippen LogP) is 7.83. The lowest BCUT2D eigenvalue weighted by atomic mass is 9.77. The summed E-state index contributed by atoms with van der Waals surface area (Å²) in [6.07, 6.45) is 2.89. The number of benzene rings is 5. The van der Waals surface area contributed by atoms with Gasteiger partial charge in [0.2, 0.25) is 0 Å². The van der Waals surface area contributed by atoms with E-state index in [2.05, 4.69) is 76.2 Å². The summed E-state index contributed by atoms with van der Waals surface area (Å²) in [6, 6.07) is 52.5. The molecule has 0 spiro atoms. The molecule has 1 amide bonds. The number of ether oxygens (including phenoxy) is 1. The average Bonchev–Trinajstić information content (AvgIpc) is 3.84. The van der Waals surface area contributed by atoms with Gasteiger partial charge in [0.05, 0.1) is 11.1 Å². The fraction of sp³-hybridized carbons (Fsp3) is 0.109. The highest BCUT2D eigenvalue weighted by atomic mass is 16.5. The van der Waals surface area contributed by atoms with Crippen molar-refractivity contribution in [2.45, 2.75) is 31.9 Å². The second-order valence-corrected chi connectivity index (χ2v) is 13.2. The number of tetrazole rings is 1. The maximum absolute atomic E-state index is 13.8. The van der Waals surface area contributed by atoms with Crippen LogP contribution in [-0.2, 0) is 29.8 Å². The lowest BCUT2D eigenvalue weighted by Gasteiger charge is -2.36. The molecule has 0 fully saturated rings. The Bertz CT molecular complexity index is 2500. The Balaban J connectivity index is 1.26.